The fourth-order valence-electron chi connectivity index (χ4n) is 5.01. The van der Waals surface area contributed by atoms with E-state index in [9.17, 15) is 9.18 Å². The smallest absolute Gasteiger partial charge is 0.224 e. The van der Waals surface area contributed by atoms with Crippen molar-refractivity contribution >= 4 is 17.8 Å². The second-order valence-corrected chi connectivity index (χ2v) is 10.1. The van der Waals surface area contributed by atoms with Gasteiger partial charge in [0.05, 0.1) is 12.2 Å². The lowest BCUT2D eigenvalue weighted by Gasteiger charge is -2.30. The maximum atomic E-state index is 14.3. The van der Waals surface area contributed by atoms with Crippen LogP contribution < -0.4 is 9.64 Å². The van der Waals surface area contributed by atoms with E-state index in [-0.39, 0.29) is 11.7 Å². The number of amides is 1. The topological polar surface area (TPSA) is 54.8 Å². The lowest BCUT2D eigenvalue weighted by atomic mass is 9.96. The Bertz CT molecular complexity index is 1210. The molecular formula is C30H38FN3O2. The Kier molecular flexibility index (Phi) is 7.91. The van der Waals surface area contributed by atoms with Crippen molar-refractivity contribution in [3.05, 3.63) is 63.4 Å². The molecule has 0 spiro atoms. The molecule has 5 nitrogen and oxygen atoms in total. The van der Waals surface area contributed by atoms with Gasteiger partial charge in [0.2, 0.25) is 5.91 Å². The van der Waals surface area contributed by atoms with Gasteiger partial charge >= 0.3 is 0 Å². The highest BCUT2D eigenvalue weighted by Crippen LogP contribution is 2.43. The highest BCUT2D eigenvalue weighted by atomic mass is 19.1. The third-order valence-corrected chi connectivity index (χ3v) is 7.14. The Balaban J connectivity index is 1.69. The molecule has 0 radical (unpaired) electrons. The van der Waals surface area contributed by atoms with Gasteiger partial charge in [-0.25, -0.2) is 4.39 Å². The maximum Gasteiger partial charge on any atom is 0.224 e. The van der Waals surface area contributed by atoms with Crippen LogP contribution in [0.4, 0.5) is 10.1 Å². The van der Waals surface area contributed by atoms with E-state index < -0.39 is 6.10 Å². The van der Waals surface area contributed by atoms with Crippen LogP contribution in [0.1, 0.15) is 92.9 Å². The number of carbonyl (C=O) groups excluding carboxylic acids is 1. The number of halogens is 1. The number of rotatable bonds is 8. The van der Waals surface area contributed by atoms with Crippen LogP contribution >= 0.6 is 0 Å². The minimum absolute atomic E-state index is 0.0288. The predicted molar refractivity (Wildman–Crippen MR) is 144 cm³/mol. The van der Waals surface area contributed by atoms with Crippen molar-refractivity contribution in [2.75, 3.05) is 4.90 Å². The molecule has 1 unspecified atom stereocenters. The van der Waals surface area contributed by atoms with Gasteiger partial charge in [-0.1, -0.05) is 19.9 Å². The number of hydrogen-bond donors (Lipinski definition) is 0. The number of aliphatic imine (C=N–C) groups is 1. The molecule has 1 aromatic heterocycles. The standard InChI is InChI=1S/C30H38FN3O2/c1-7-13-32-29(20(5)31)27-12-11-23-14-19(4)26(16-28(23)36-27)34(21(6)35)17-25-18(3)15-24(8-2)33-30(25)22-9-10-22/h13-16,22,27H,7-12,17H2,1-6H3/b29-20+,32-13?. The van der Waals surface area contributed by atoms with Gasteiger partial charge in [0.15, 0.2) is 0 Å². The quantitative estimate of drug-likeness (QED) is 0.371. The molecule has 2 aromatic rings. The molecule has 0 saturated heterocycles. The van der Waals surface area contributed by atoms with Crippen molar-refractivity contribution in [3.63, 3.8) is 0 Å². The zero-order chi connectivity index (χ0) is 26.0. The first kappa shape index (κ1) is 26.1. The van der Waals surface area contributed by atoms with Gasteiger partial charge in [0, 0.05) is 36.5 Å². The first-order valence-electron chi connectivity index (χ1n) is 13.2. The molecule has 1 aromatic carbocycles. The summed E-state index contributed by atoms with van der Waals surface area (Å²) in [6.45, 7) is 11.8. The fourth-order valence-corrected chi connectivity index (χ4v) is 5.01. The van der Waals surface area contributed by atoms with Crippen LogP contribution in [0.3, 0.4) is 0 Å². The van der Waals surface area contributed by atoms with Gasteiger partial charge in [-0.05, 0) is 87.6 Å². The van der Waals surface area contributed by atoms with E-state index in [0.29, 0.717) is 30.3 Å². The van der Waals surface area contributed by atoms with E-state index in [0.717, 1.165) is 65.9 Å². The van der Waals surface area contributed by atoms with E-state index in [2.05, 4.69) is 31.0 Å². The number of carbonyl (C=O) groups is 1. The van der Waals surface area contributed by atoms with Crippen LogP contribution in [0.25, 0.3) is 0 Å². The van der Waals surface area contributed by atoms with E-state index in [1.165, 1.54) is 12.5 Å². The van der Waals surface area contributed by atoms with E-state index in [1.54, 1.807) is 13.1 Å². The second-order valence-electron chi connectivity index (χ2n) is 10.1. The molecule has 1 amide bonds. The Morgan fingerprint density at radius 2 is 1.92 bits per heavy atom. The van der Waals surface area contributed by atoms with Crippen molar-refractivity contribution in [2.45, 2.75) is 98.6 Å². The number of ether oxygens (including phenoxy) is 1. The van der Waals surface area contributed by atoms with Crippen LogP contribution in [-0.4, -0.2) is 23.2 Å². The highest BCUT2D eigenvalue weighted by molar-refractivity contribution is 5.92. The van der Waals surface area contributed by atoms with Gasteiger partial charge in [0.25, 0.3) is 0 Å². The van der Waals surface area contributed by atoms with Crippen LogP contribution in [-0.2, 0) is 24.2 Å². The first-order valence-corrected chi connectivity index (χ1v) is 13.2. The monoisotopic (exact) mass is 491 g/mol. The summed E-state index contributed by atoms with van der Waals surface area (Å²) in [4.78, 5) is 24.1. The first-order chi connectivity index (χ1) is 17.2. The third-order valence-electron chi connectivity index (χ3n) is 7.14. The summed E-state index contributed by atoms with van der Waals surface area (Å²) in [5, 5.41) is 0. The number of aromatic nitrogens is 1. The molecule has 1 aliphatic heterocycles. The number of benzene rings is 1. The van der Waals surface area contributed by atoms with Crippen molar-refractivity contribution in [3.8, 4) is 5.75 Å². The summed E-state index contributed by atoms with van der Waals surface area (Å²) >= 11 is 0. The average Bonchev–Trinajstić information content (AvgIpc) is 3.68. The summed E-state index contributed by atoms with van der Waals surface area (Å²) < 4.78 is 20.6. The average molecular weight is 492 g/mol. The van der Waals surface area contributed by atoms with Gasteiger partial charge in [-0.15, -0.1) is 0 Å². The molecule has 1 fully saturated rings. The summed E-state index contributed by atoms with van der Waals surface area (Å²) in [5.41, 5.74) is 7.85. The zero-order valence-electron chi connectivity index (χ0n) is 22.4. The minimum atomic E-state index is -0.443. The lowest BCUT2D eigenvalue weighted by molar-refractivity contribution is -0.116. The van der Waals surface area contributed by atoms with Crippen molar-refractivity contribution in [2.24, 2.45) is 4.99 Å². The van der Waals surface area contributed by atoms with E-state index >= 15 is 0 Å². The molecule has 1 atom stereocenters. The molecule has 192 valence electrons. The zero-order valence-corrected chi connectivity index (χ0v) is 22.4. The highest BCUT2D eigenvalue weighted by Gasteiger charge is 2.31. The number of nitrogens with zero attached hydrogens (tertiary/aromatic N) is 3. The summed E-state index contributed by atoms with van der Waals surface area (Å²) in [7, 11) is 0. The molecule has 0 N–H and O–H groups in total. The van der Waals surface area contributed by atoms with Crippen LogP contribution in [0, 0.1) is 13.8 Å². The molecule has 1 saturated carbocycles. The summed E-state index contributed by atoms with van der Waals surface area (Å²) in [5.74, 6) is 0.837. The minimum Gasteiger partial charge on any atom is -0.484 e. The molecule has 1 aliphatic carbocycles. The molecular weight excluding hydrogens is 453 g/mol. The molecule has 6 heteroatoms. The van der Waals surface area contributed by atoms with Crippen molar-refractivity contribution < 1.29 is 13.9 Å². The Morgan fingerprint density at radius 3 is 2.53 bits per heavy atom. The molecule has 0 bridgehead atoms. The van der Waals surface area contributed by atoms with Crippen molar-refractivity contribution in [1.82, 2.24) is 4.98 Å². The Hall–Kier alpha value is -3.02. The number of pyridine rings is 1. The Morgan fingerprint density at radius 1 is 1.17 bits per heavy atom. The summed E-state index contributed by atoms with van der Waals surface area (Å²) in [6.07, 6.45) is 6.65. The number of hydrogen-bond acceptors (Lipinski definition) is 4. The van der Waals surface area contributed by atoms with Crippen LogP contribution in [0.15, 0.2) is 34.7 Å². The summed E-state index contributed by atoms with van der Waals surface area (Å²) in [6, 6.07) is 6.20. The van der Waals surface area contributed by atoms with Gasteiger partial charge in [-0.3, -0.25) is 14.8 Å². The van der Waals surface area contributed by atoms with Crippen molar-refractivity contribution in [1.29, 1.82) is 0 Å². The lowest BCUT2D eigenvalue weighted by Crippen LogP contribution is -2.30. The normalized spacial score (nSPS) is 18.0. The fraction of sp³-hybridized carbons (Fsp3) is 0.500. The largest absolute Gasteiger partial charge is 0.484 e. The molecule has 4 rings (SSSR count). The molecule has 2 aliphatic rings. The van der Waals surface area contributed by atoms with Crippen LogP contribution in [0.2, 0.25) is 0 Å². The molecule has 2 heterocycles. The SMILES string of the molecule is CCC=N/C(=C(\C)F)C1CCc2cc(C)c(N(Cc3c(C)cc(CC)nc3C3CC3)C(C)=O)cc2O1. The number of fused-ring (bicyclic) bond motifs is 1. The predicted octanol–water partition coefficient (Wildman–Crippen LogP) is 7.07. The van der Waals surface area contributed by atoms with E-state index in [1.807, 2.05) is 24.8 Å². The maximum absolute atomic E-state index is 14.3. The number of anilines is 1. The Labute approximate surface area is 214 Å². The van der Waals surface area contributed by atoms with Crippen LogP contribution in [0.5, 0.6) is 5.75 Å². The van der Waals surface area contributed by atoms with Gasteiger partial charge in [-0.2, -0.15) is 0 Å². The molecule has 36 heavy (non-hydrogen) atoms. The van der Waals surface area contributed by atoms with Gasteiger partial charge in [0.1, 0.15) is 23.4 Å². The third kappa shape index (κ3) is 5.53. The number of allylic oxidation sites excluding steroid dienone is 1. The van der Waals surface area contributed by atoms with Gasteiger partial charge < -0.3 is 9.64 Å². The second kappa shape index (κ2) is 10.9. The number of aryl methyl sites for hydroxylation is 4. The van der Waals surface area contributed by atoms with E-state index in [4.69, 9.17) is 9.72 Å².